The van der Waals surface area contributed by atoms with Gasteiger partial charge in [0.2, 0.25) is 15.9 Å². The molecule has 0 spiro atoms. The van der Waals surface area contributed by atoms with Crippen molar-refractivity contribution >= 4 is 49.1 Å². The van der Waals surface area contributed by atoms with Crippen LogP contribution in [-0.2, 0) is 24.8 Å². The molecule has 0 aliphatic carbocycles. The van der Waals surface area contributed by atoms with Crippen LogP contribution in [0.1, 0.15) is 19.3 Å². The van der Waals surface area contributed by atoms with Crippen molar-refractivity contribution < 1.29 is 26.0 Å². The van der Waals surface area contributed by atoms with Crippen LogP contribution in [0.4, 0.5) is 15.8 Å². The number of benzene rings is 3. The molecule has 0 atom stereocenters. The fourth-order valence-corrected chi connectivity index (χ4v) is 7.45. The summed E-state index contributed by atoms with van der Waals surface area (Å²) in [5.74, 6) is -1.32. The van der Waals surface area contributed by atoms with E-state index in [1.807, 2.05) is 6.26 Å². The summed E-state index contributed by atoms with van der Waals surface area (Å²) in [7, 11) is -7.84. The Labute approximate surface area is 227 Å². The first-order chi connectivity index (χ1) is 18.1. The first kappa shape index (κ1) is 28.1. The standard InChI is InChI=1S/C26H28FN3O5S3/c1-36-23-10-14-25(15-11-23)38(34,35)30(22-7-5-6-20(27)18-22)19-26(31)28-21-8-12-24(13-9-21)37(32,33)29-16-3-2-4-17-29/h5-15,18H,2-4,16-17,19H2,1H3,(H,28,31). The van der Waals surface area contributed by atoms with Crippen LogP contribution in [0.3, 0.4) is 0 Å². The number of thioether (sulfide) groups is 1. The van der Waals surface area contributed by atoms with Crippen molar-refractivity contribution in [3.8, 4) is 0 Å². The van der Waals surface area contributed by atoms with E-state index in [4.69, 9.17) is 0 Å². The number of carbonyl (C=O) groups is 1. The maximum Gasteiger partial charge on any atom is 0.264 e. The summed E-state index contributed by atoms with van der Waals surface area (Å²) in [6.07, 6.45) is 4.50. The summed E-state index contributed by atoms with van der Waals surface area (Å²) < 4.78 is 69.0. The van der Waals surface area contributed by atoms with E-state index in [9.17, 15) is 26.0 Å². The highest BCUT2D eigenvalue weighted by Crippen LogP contribution is 2.27. The smallest absolute Gasteiger partial charge is 0.264 e. The van der Waals surface area contributed by atoms with Crippen LogP contribution < -0.4 is 9.62 Å². The zero-order valence-electron chi connectivity index (χ0n) is 20.7. The largest absolute Gasteiger partial charge is 0.325 e. The lowest BCUT2D eigenvalue weighted by molar-refractivity contribution is -0.114. The lowest BCUT2D eigenvalue weighted by Crippen LogP contribution is -2.38. The summed E-state index contributed by atoms with van der Waals surface area (Å²) in [4.78, 5) is 13.9. The zero-order chi connectivity index (χ0) is 27.3. The van der Waals surface area contributed by atoms with Gasteiger partial charge in [-0.25, -0.2) is 21.2 Å². The molecule has 3 aromatic carbocycles. The predicted molar refractivity (Wildman–Crippen MR) is 147 cm³/mol. The Kier molecular flexibility index (Phi) is 8.76. The van der Waals surface area contributed by atoms with E-state index in [0.717, 1.165) is 34.5 Å². The van der Waals surface area contributed by atoms with Crippen molar-refractivity contribution in [3.05, 3.63) is 78.6 Å². The number of piperidine rings is 1. The molecule has 1 heterocycles. The van der Waals surface area contributed by atoms with Gasteiger partial charge in [0.15, 0.2) is 0 Å². The molecule has 1 N–H and O–H groups in total. The number of carbonyl (C=O) groups excluding carboxylic acids is 1. The minimum absolute atomic E-state index is 0.00272. The van der Waals surface area contributed by atoms with E-state index in [1.165, 1.54) is 70.7 Å². The lowest BCUT2D eigenvalue weighted by Gasteiger charge is -2.26. The molecule has 38 heavy (non-hydrogen) atoms. The van der Waals surface area contributed by atoms with Crippen molar-refractivity contribution in [2.75, 3.05) is 35.5 Å². The molecular formula is C26H28FN3O5S3. The zero-order valence-corrected chi connectivity index (χ0v) is 23.2. The number of sulfonamides is 2. The number of hydrogen-bond acceptors (Lipinski definition) is 6. The van der Waals surface area contributed by atoms with Gasteiger partial charge in [-0.3, -0.25) is 9.10 Å². The molecule has 1 fully saturated rings. The summed E-state index contributed by atoms with van der Waals surface area (Å²) in [6, 6.07) is 16.9. The van der Waals surface area contributed by atoms with Crippen LogP contribution >= 0.6 is 11.8 Å². The van der Waals surface area contributed by atoms with Crippen LogP contribution in [0.5, 0.6) is 0 Å². The highest BCUT2D eigenvalue weighted by atomic mass is 32.2. The molecule has 1 saturated heterocycles. The van der Waals surface area contributed by atoms with Gasteiger partial charge in [0.1, 0.15) is 12.4 Å². The van der Waals surface area contributed by atoms with E-state index in [1.54, 1.807) is 12.1 Å². The van der Waals surface area contributed by atoms with Crippen LogP contribution in [0.15, 0.2) is 87.5 Å². The number of rotatable bonds is 9. The average molecular weight is 578 g/mol. The first-order valence-electron chi connectivity index (χ1n) is 11.9. The predicted octanol–water partition coefficient (Wildman–Crippen LogP) is 4.56. The lowest BCUT2D eigenvalue weighted by atomic mass is 10.2. The molecule has 0 unspecified atom stereocenters. The molecule has 4 rings (SSSR count). The van der Waals surface area contributed by atoms with E-state index >= 15 is 0 Å². The van der Waals surface area contributed by atoms with Gasteiger partial charge in [0.25, 0.3) is 10.0 Å². The van der Waals surface area contributed by atoms with Crippen molar-refractivity contribution in [2.24, 2.45) is 0 Å². The van der Waals surface area contributed by atoms with Gasteiger partial charge in [-0.1, -0.05) is 12.5 Å². The summed E-state index contributed by atoms with van der Waals surface area (Å²) in [5.41, 5.74) is 0.297. The van der Waals surface area contributed by atoms with Crippen molar-refractivity contribution in [1.29, 1.82) is 0 Å². The van der Waals surface area contributed by atoms with Crippen molar-refractivity contribution in [3.63, 3.8) is 0 Å². The Hall–Kier alpha value is -2.93. The maximum atomic E-state index is 14.0. The van der Waals surface area contributed by atoms with Crippen LogP contribution in [-0.4, -0.2) is 52.9 Å². The van der Waals surface area contributed by atoms with E-state index in [-0.39, 0.29) is 15.5 Å². The Morgan fingerprint density at radius 1 is 0.921 bits per heavy atom. The minimum atomic E-state index is -4.21. The molecule has 1 aliphatic rings. The number of halogens is 1. The average Bonchev–Trinajstić information content (AvgIpc) is 2.92. The Morgan fingerprint density at radius 3 is 2.16 bits per heavy atom. The third-order valence-electron chi connectivity index (χ3n) is 6.12. The second kappa shape index (κ2) is 11.9. The molecule has 1 aliphatic heterocycles. The molecular weight excluding hydrogens is 550 g/mol. The van der Waals surface area contributed by atoms with Gasteiger partial charge in [-0.05, 0) is 85.8 Å². The molecule has 0 bridgehead atoms. The molecule has 202 valence electrons. The molecule has 12 heteroatoms. The van der Waals surface area contributed by atoms with E-state index in [2.05, 4.69) is 5.32 Å². The highest BCUT2D eigenvalue weighted by molar-refractivity contribution is 7.98. The minimum Gasteiger partial charge on any atom is -0.325 e. The number of amides is 1. The van der Waals surface area contributed by atoms with Gasteiger partial charge < -0.3 is 5.32 Å². The first-order valence-corrected chi connectivity index (χ1v) is 16.0. The van der Waals surface area contributed by atoms with Crippen LogP contribution in [0.25, 0.3) is 0 Å². The van der Waals surface area contributed by atoms with Crippen molar-refractivity contribution in [1.82, 2.24) is 4.31 Å². The number of anilines is 2. The van der Waals surface area contributed by atoms with Crippen molar-refractivity contribution in [2.45, 2.75) is 33.9 Å². The fraction of sp³-hybridized carbons (Fsp3) is 0.269. The maximum absolute atomic E-state index is 14.0. The van der Waals surface area contributed by atoms with Crippen LogP contribution in [0.2, 0.25) is 0 Å². The van der Waals surface area contributed by atoms with Gasteiger partial charge in [-0.2, -0.15) is 4.31 Å². The quantitative estimate of drug-likeness (QED) is 0.374. The van der Waals surface area contributed by atoms with Gasteiger partial charge in [0.05, 0.1) is 15.5 Å². The number of nitrogens with zero attached hydrogens (tertiary/aromatic N) is 2. The molecule has 0 aromatic heterocycles. The Bertz CT molecular complexity index is 1490. The molecule has 3 aromatic rings. The Morgan fingerprint density at radius 2 is 1.55 bits per heavy atom. The summed E-state index contributed by atoms with van der Waals surface area (Å²) in [5, 5.41) is 2.61. The summed E-state index contributed by atoms with van der Waals surface area (Å²) >= 11 is 1.45. The van der Waals surface area contributed by atoms with E-state index < -0.39 is 38.3 Å². The van der Waals surface area contributed by atoms with Gasteiger partial charge in [-0.15, -0.1) is 11.8 Å². The molecule has 0 saturated carbocycles. The normalized spacial score (nSPS) is 14.7. The van der Waals surface area contributed by atoms with Gasteiger partial charge >= 0.3 is 0 Å². The second-order valence-corrected chi connectivity index (χ2v) is 13.4. The van der Waals surface area contributed by atoms with Gasteiger partial charge in [0, 0.05) is 23.7 Å². The third-order valence-corrected chi connectivity index (χ3v) is 10.6. The summed E-state index contributed by atoms with van der Waals surface area (Å²) in [6.45, 7) is 0.334. The molecule has 8 nitrogen and oxygen atoms in total. The number of hydrogen-bond donors (Lipinski definition) is 1. The topological polar surface area (TPSA) is 104 Å². The molecule has 1 amide bonds. The SMILES string of the molecule is CSc1ccc(S(=O)(=O)N(CC(=O)Nc2ccc(S(=O)(=O)N3CCCCC3)cc2)c2cccc(F)c2)cc1. The monoisotopic (exact) mass is 577 g/mol. The van der Waals surface area contributed by atoms with E-state index in [0.29, 0.717) is 18.8 Å². The fourth-order valence-electron chi connectivity index (χ4n) is 4.12. The Balaban J connectivity index is 1.54. The highest BCUT2D eigenvalue weighted by Gasteiger charge is 2.28. The third kappa shape index (κ3) is 6.37. The van der Waals surface area contributed by atoms with Crippen LogP contribution in [0, 0.1) is 5.82 Å². The number of nitrogens with one attached hydrogen (secondary N) is 1. The second-order valence-electron chi connectivity index (χ2n) is 8.70. The molecule has 0 radical (unpaired) electrons.